The molecule has 2 aliphatic heterocycles. The third-order valence-corrected chi connectivity index (χ3v) is 9.20. The molecule has 0 atom stereocenters. The van der Waals surface area contributed by atoms with E-state index in [-0.39, 0.29) is 28.2 Å². The first kappa shape index (κ1) is 45.0. The van der Waals surface area contributed by atoms with E-state index >= 15 is 0 Å². The van der Waals surface area contributed by atoms with Gasteiger partial charge in [0.25, 0.3) is 0 Å². The zero-order valence-electron chi connectivity index (χ0n) is 30.4. The van der Waals surface area contributed by atoms with Gasteiger partial charge in [0, 0.05) is 30.4 Å². The second-order valence-electron chi connectivity index (χ2n) is 13.6. The van der Waals surface area contributed by atoms with Crippen LogP contribution in [0.4, 0.5) is 38.0 Å². The van der Waals surface area contributed by atoms with Crippen LogP contribution in [0.3, 0.4) is 0 Å². The molecule has 2 fully saturated rings. The molecular weight excluding hydrogens is 856 g/mol. The summed E-state index contributed by atoms with van der Waals surface area (Å²) in [6, 6.07) is 10.2. The summed E-state index contributed by atoms with van der Waals surface area (Å²) in [6.07, 6.45) is -4.76. The first-order valence-corrected chi connectivity index (χ1v) is 17.5. The molecule has 0 aliphatic carbocycles. The molecule has 0 saturated carbocycles. The normalized spacial score (nSPS) is 18.0. The van der Waals surface area contributed by atoms with Crippen molar-refractivity contribution in [3.05, 3.63) is 81.9 Å². The van der Waals surface area contributed by atoms with E-state index in [9.17, 15) is 26.3 Å². The SMILES string of the molecule is CC1(C)OB(B2OC(C)(C)C(C)(C)O2)OC1(C)C.FC(F)(F)c1ncc(Br)cn1.Nc1cccc(-c2cnc(C(F)(F)F)nc2)n1.Nc1cccc(Br)n1. The number of anilines is 2. The Kier molecular flexibility index (Phi) is 14.3. The smallest absolute Gasteiger partial charge is 0.405 e. The van der Waals surface area contributed by atoms with Crippen LogP contribution in [0.25, 0.3) is 11.3 Å². The van der Waals surface area contributed by atoms with E-state index in [0.29, 0.717) is 21.5 Å². The quantitative estimate of drug-likeness (QED) is 0.113. The highest BCUT2D eigenvalue weighted by atomic mass is 79.9. The number of pyridine rings is 2. The predicted octanol–water partition coefficient (Wildman–Crippen LogP) is 8.07. The molecule has 22 heteroatoms. The largest absolute Gasteiger partial charge is 0.488 e. The zero-order chi connectivity index (χ0) is 40.9. The van der Waals surface area contributed by atoms with Gasteiger partial charge in [-0.25, -0.2) is 29.9 Å². The lowest BCUT2D eigenvalue weighted by Crippen LogP contribution is -2.41. The molecule has 0 spiro atoms. The number of halogens is 8. The minimum absolute atomic E-state index is 0.280. The molecule has 292 valence electrons. The lowest BCUT2D eigenvalue weighted by molar-refractivity contribution is -0.145. The van der Waals surface area contributed by atoms with Gasteiger partial charge in [0.2, 0.25) is 11.6 Å². The summed E-state index contributed by atoms with van der Waals surface area (Å²) in [5.41, 5.74) is 10.2. The van der Waals surface area contributed by atoms with Gasteiger partial charge >= 0.3 is 26.4 Å². The predicted molar refractivity (Wildman–Crippen MR) is 198 cm³/mol. The molecule has 0 radical (unpaired) electrons. The number of nitrogen functional groups attached to an aromatic ring is 2. The van der Waals surface area contributed by atoms with Gasteiger partial charge in [-0.15, -0.1) is 0 Å². The standard InChI is InChI=1S/C12H24B2O4.C10H7F3N4.C5H2BrF3N2.C5H5BrN2/c1-9(2)10(3,4)16-13(15-9)14-17-11(5,6)12(7,8)18-14;11-10(12,13)9-15-4-6(5-16-9)7-2-1-3-8(14)17-7;6-3-1-10-4(11-2-3)5(7,8)9;6-4-2-1-3-5(7)8-4/h1-8H3;1-5H,(H2,14,17);1-2H;1-3H,(H2,7,8). The van der Waals surface area contributed by atoms with Gasteiger partial charge in [0.15, 0.2) is 0 Å². The fraction of sp³-hybridized carbons (Fsp3) is 0.438. The van der Waals surface area contributed by atoms with Gasteiger partial charge in [-0.2, -0.15) is 26.3 Å². The van der Waals surface area contributed by atoms with E-state index < -0.39 is 38.0 Å². The summed E-state index contributed by atoms with van der Waals surface area (Å²) in [4.78, 5) is 20.4. The van der Waals surface area contributed by atoms with Gasteiger partial charge in [0.05, 0.1) is 32.6 Å². The van der Waals surface area contributed by atoms with Crippen LogP contribution >= 0.6 is 31.9 Å². The van der Waals surface area contributed by atoms with Gasteiger partial charge < -0.3 is 30.1 Å². The fourth-order valence-electron chi connectivity index (χ4n) is 4.10. The minimum Gasteiger partial charge on any atom is -0.405 e. The van der Waals surface area contributed by atoms with Crippen LogP contribution < -0.4 is 11.5 Å². The van der Waals surface area contributed by atoms with Crippen molar-refractivity contribution in [1.29, 1.82) is 0 Å². The van der Waals surface area contributed by atoms with E-state index in [1.54, 1.807) is 24.3 Å². The van der Waals surface area contributed by atoms with Gasteiger partial charge in [-0.05, 0) is 112 Å². The highest BCUT2D eigenvalue weighted by molar-refractivity contribution is 9.10. The molecule has 2 saturated heterocycles. The topological polar surface area (TPSA) is 166 Å². The van der Waals surface area contributed by atoms with Crippen LogP contribution in [0.15, 0.2) is 70.3 Å². The summed E-state index contributed by atoms with van der Waals surface area (Å²) in [5.74, 6) is -1.48. The minimum atomic E-state index is -4.54. The number of hydrogen-bond donors (Lipinski definition) is 2. The van der Waals surface area contributed by atoms with E-state index in [1.807, 2.05) is 67.5 Å². The van der Waals surface area contributed by atoms with Crippen molar-refractivity contribution in [2.75, 3.05) is 11.5 Å². The molecule has 4 aromatic heterocycles. The number of nitrogens with two attached hydrogens (primary N) is 2. The Morgan fingerprint density at radius 3 is 1.22 bits per heavy atom. The van der Waals surface area contributed by atoms with Crippen molar-refractivity contribution in [3.63, 3.8) is 0 Å². The summed E-state index contributed by atoms with van der Waals surface area (Å²) < 4.78 is 97.1. The maximum Gasteiger partial charge on any atom is 0.488 e. The van der Waals surface area contributed by atoms with Crippen molar-refractivity contribution < 1.29 is 45.0 Å². The Hall–Kier alpha value is -3.43. The summed E-state index contributed by atoms with van der Waals surface area (Å²) >= 11 is 6.09. The molecule has 0 bridgehead atoms. The molecule has 0 amide bonds. The molecule has 4 N–H and O–H groups in total. The van der Waals surface area contributed by atoms with E-state index in [2.05, 4.69) is 61.8 Å². The van der Waals surface area contributed by atoms with E-state index in [1.165, 1.54) is 0 Å². The molecule has 4 aromatic rings. The monoisotopic (exact) mass is 892 g/mol. The van der Waals surface area contributed by atoms with Crippen molar-refractivity contribution in [2.24, 2.45) is 0 Å². The van der Waals surface area contributed by atoms with Crippen LogP contribution in [0, 0.1) is 0 Å². The molecule has 2 aliphatic rings. The average molecular weight is 894 g/mol. The Morgan fingerprint density at radius 1 is 0.556 bits per heavy atom. The molecular formula is C32H38B2Br2F6N8O4. The molecule has 12 nitrogen and oxygen atoms in total. The molecule has 6 rings (SSSR count). The van der Waals surface area contributed by atoms with Crippen LogP contribution in [0.2, 0.25) is 0 Å². The Morgan fingerprint density at radius 2 is 0.907 bits per heavy atom. The first-order valence-electron chi connectivity index (χ1n) is 15.9. The fourth-order valence-corrected chi connectivity index (χ4v) is 4.66. The molecule has 0 aromatic carbocycles. The molecule has 0 unspecified atom stereocenters. The highest BCUT2D eigenvalue weighted by Crippen LogP contribution is 2.43. The number of alkyl halides is 6. The van der Waals surface area contributed by atoms with Gasteiger partial charge in [-0.1, -0.05) is 12.1 Å². The third kappa shape index (κ3) is 12.3. The zero-order valence-corrected chi connectivity index (χ0v) is 33.6. The summed E-state index contributed by atoms with van der Waals surface area (Å²) in [5, 5.41) is 0. The van der Waals surface area contributed by atoms with Crippen molar-refractivity contribution in [1.82, 2.24) is 29.9 Å². The van der Waals surface area contributed by atoms with Crippen LogP contribution in [0.1, 0.15) is 67.0 Å². The maximum absolute atomic E-state index is 12.2. The van der Waals surface area contributed by atoms with Crippen molar-refractivity contribution in [3.8, 4) is 11.3 Å². The second kappa shape index (κ2) is 17.2. The van der Waals surface area contributed by atoms with Crippen LogP contribution in [-0.2, 0) is 31.0 Å². The first-order chi connectivity index (χ1) is 24.6. The molecule has 6 heterocycles. The number of aromatic nitrogens is 6. The van der Waals surface area contributed by atoms with Gasteiger partial charge in [0.1, 0.15) is 16.2 Å². The van der Waals surface area contributed by atoms with E-state index in [4.69, 9.17) is 30.1 Å². The number of nitrogens with zero attached hydrogens (tertiary/aromatic N) is 6. The third-order valence-electron chi connectivity index (χ3n) is 8.35. The summed E-state index contributed by atoms with van der Waals surface area (Å²) in [7, 11) is -0.952. The lowest BCUT2D eigenvalue weighted by Gasteiger charge is -2.32. The Bertz CT molecular complexity index is 1760. The van der Waals surface area contributed by atoms with Crippen molar-refractivity contribution in [2.45, 2.75) is 90.1 Å². The average Bonchev–Trinajstić information content (AvgIpc) is 3.41. The van der Waals surface area contributed by atoms with Crippen LogP contribution in [-0.4, -0.2) is 66.3 Å². The maximum atomic E-state index is 12.2. The second-order valence-corrected chi connectivity index (χ2v) is 15.3. The van der Waals surface area contributed by atoms with Crippen molar-refractivity contribution >= 4 is 57.5 Å². The van der Waals surface area contributed by atoms with E-state index in [0.717, 1.165) is 29.4 Å². The molecule has 54 heavy (non-hydrogen) atoms. The number of rotatable bonds is 2. The highest BCUT2D eigenvalue weighted by Gasteiger charge is 2.63. The Balaban J connectivity index is 0.000000202. The number of hydrogen-bond acceptors (Lipinski definition) is 12. The summed E-state index contributed by atoms with van der Waals surface area (Å²) in [6.45, 7) is 16.2. The lowest BCUT2D eigenvalue weighted by atomic mass is 9.49. The van der Waals surface area contributed by atoms with Crippen LogP contribution in [0.5, 0.6) is 0 Å². The Labute approximate surface area is 326 Å². The van der Waals surface area contributed by atoms with Gasteiger partial charge in [-0.3, -0.25) is 0 Å².